The van der Waals surface area contributed by atoms with Gasteiger partial charge >= 0.3 is 5.97 Å². The summed E-state index contributed by atoms with van der Waals surface area (Å²) in [6.07, 6.45) is 1.83. The molecule has 0 atom stereocenters. The molecule has 2 rings (SSSR count). The van der Waals surface area contributed by atoms with Crippen LogP contribution < -0.4 is 5.73 Å². The summed E-state index contributed by atoms with van der Waals surface area (Å²) >= 11 is 0. The van der Waals surface area contributed by atoms with E-state index in [4.69, 9.17) is 10.8 Å². The maximum atomic E-state index is 10.8. The molecule has 0 amide bonds. The monoisotopic (exact) mass is 218 g/mol. The van der Waals surface area contributed by atoms with Crippen LogP contribution in [0.25, 0.3) is 10.9 Å². The molecule has 0 saturated heterocycles. The van der Waals surface area contributed by atoms with Crippen LogP contribution in [-0.2, 0) is 6.42 Å². The zero-order valence-electron chi connectivity index (χ0n) is 8.86. The van der Waals surface area contributed by atoms with Gasteiger partial charge in [-0.2, -0.15) is 0 Å². The van der Waals surface area contributed by atoms with Gasteiger partial charge in [0.2, 0.25) is 0 Å². The second-order valence-corrected chi connectivity index (χ2v) is 3.79. The number of benzene rings is 1. The summed E-state index contributed by atoms with van der Waals surface area (Å²) in [7, 11) is 0. The van der Waals surface area contributed by atoms with E-state index < -0.39 is 5.97 Å². The summed E-state index contributed by atoms with van der Waals surface area (Å²) in [5.74, 6) is -0.897. The van der Waals surface area contributed by atoms with Gasteiger partial charge in [-0.25, -0.2) is 4.79 Å². The van der Waals surface area contributed by atoms with E-state index in [0.29, 0.717) is 12.1 Å². The zero-order chi connectivity index (χ0) is 11.5. The first-order chi connectivity index (χ1) is 7.70. The van der Waals surface area contributed by atoms with E-state index in [0.717, 1.165) is 29.4 Å². The molecule has 0 unspecified atom stereocenters. The molecule has 0 spiro atoms. The lowest BCUT2D eigenvalue weighted by Gasteiger charge is -1.93. The standard InChI is InChI=1S/C12H14N2O2/c13-5-1-2-10-7-9-6-8(12(15)16)3-4-11(9)14-10/h3-4,6-7,14H,1-2,5,13H2,(H,15,16). The summed E-state index contributed by atoms with van der Waals surface area (Å²) in [6, 6.07) is 7.07. The van der Waals surface area contributed by atoms with Crippen molar-refractivity contribution in [1.82, 2.24) is 4.98 Å². The number of hydrogen-bond acceptors (Lipinski definition) is 2. The van der Waals surface area contributed by atoms with Crippen molar-refractivity contribution in [2.45, 2.75) is 12.8 Å². The van der Waals surface area contributed by atoms with Crippen LogP contribution in [0.1, 0.15) is 22.5 Å². The second-order valence-electron chi connectivity index (χ2n) is 3.79. The second kappa shape index (κ2) is 4.37. The SMILES string of the molecule is NCCCc1cc2cc(C(=O)O)ccc2[nH]1. The third-order valence-corrected chi connectivity index (χ3v) is 2.57. The van der Waals surface area contributed by atoms with Crippen molar-refractivity contribution in [1.29, 1.82) is 0 Å². The van der Waals surface area contributed by atoms with Crippen LogP contribution in [-0.4, -0.2) is 22.6 Å². The summed E-state index contributed by atoms with van der Waals surface area (Å²) in [5.41, 5.74) is 7.83. The molecule has 0 aliphatic heterocycles. The van der Waals surface area contributed by atoms with E-state index in [2.05, 4.69) is 4.98 Å². The first-order valence-electron chi connectivity index (χ1n) is 5.25. The van der Waals surface area contributed by atoms with E-state index in [9.17, 15) is 4.79 Å². The molecule has 0 saturated carbocycles. The van der Waals surface area contributed by atoms with Crippen LogP contribution >= 0.6 is 0 Å². The minimum atomic E-state index is -0.897. The Morgan fingerprint density at radius 3 is 2.88 bits per heavy atom. The highest BCUT2D eigenvalue weighted by Crippen LogP contribution is 2.18. The van der Waals surface area contributed by atoms with Gasteiger partial charge < -0.3 is 15.8 Å². The third-order valence-electron chi connectivity index (χ3n) is 2.57. The molecule has 4 nitrogen and oxygen atoms in total. The van der Waals surface area contributed by atoms with Gasteiger partial charge in [0.25, 0.3) is 0 Å². The van der Waals surface area contributed by atoms with Gasteiger partial charge in [0.05, 0.1) is 5.56 Å². The largest absolute Gasteiger partial charge is 0.478 e. The number of H-pyrrole nitrogens is 1. The minimum absolute atomic E-state index is 0.317. The van der Waals surface area contributed by atoms with Crippen LogP contribution in [0.3, 0.4) is 0 Å². The fourth-order valence-electron chi connectivity index (χ4n) is 1.75. The van der Waals surface area contributed by atoms with E-state index >= 15 is 0 Å². The van der Waals surface area contributed by atoms with Crippen LogP contribution in [0.5, 0.6) is 0 Å². The van der Waals surface area contributed by atoms with Crippen LogP contribution in [0.4, 0.5) is 0 Å². The summed E-state index contributed by atoms with van der Waals surface area (Å²) in [4.78, 5) is 14.0. The predicted molar refractivity (Wildman–Crippen MR) is 62.6 cm³/mol. The number of aromatic amines is 1. The number of carboxylic acids is 1. The van der Waals surface area contributed by atoms with Crippen molar-refractivity contribution in [2.24, 2.45) is 5.73 Å². The fourth-order valence-corrected chi connectivity index (χ4v) is 1.75. The summed E-state index contributed by atoms with van der Waals surface area (Å²) in [6.45, 7) is 0.662. The van der Waals surface area contributed by atoms with Crippen LogP contribution in [0.2, 0.25) is 0 Å². The molecule has 4 heteroatoms. The summed E-state index contributed by atoms with van der Waals surface area (Å²) in [5, 5.41) is 9.80. The van der Waals surface area contributed by atoms with E-state index in [1.807, 2.05) is 6.07 Å². The number of fused-ring (bicyclic) bond motifs is 1. The molecule has 84 valence electrons. The first-order valence-corrected chi connectivity index (χ1v) is 5.25. The van der Waals surface area contributed by atoms with Gasteiger partial charge in [-0.05, 0) is 43.7 Å². The molecule has 0 fully saturated rings. The quantitative estimate of drug-likeness (QED) is 0.731. The van der Waals surface area contributed by atoms with E-state index in [1.165, 1.54) is 0 Å². The zero-order valence-corrected chi connectivity index (χ0v) is 8.86. The molecule has 0 radical (unpaired) electrons. The van der Waals surface area contributed by atoms with E-state index in [-0.39, 0.29) is 0 Å². The Hall–Kier alpha value is -1.81. The Bertz CT molecular complexity index is 517. The average Bonchev–Trinajstić information content (AvgIpc) is 2.67. The molecule has 4 N–H and O–H groups in total. The Labute approximate surface area is 93.1 Å². The summed E-state index contributed by atoms with van der Waals surface area (Å²) < 4.78 is 0. The number of hydrogen-bond donors (Lipinski definition) is 3. The first kappa shape index (κ1) is 10.7. The molecule has 0 bridgehead atoms. The topological polar surface area (TPSA) is 79.1 Å². The van der Waals surface area contributed by atoms with Gasteiger partial charge in [-0.15, -0.1) is 0 Å². The lowest BCUT2D eigenvalue weighted by atomic mass is 10.1. The molecule has 0 aliphatic rings. The Balaban J connectivity index is 2.34. The predicted octanol–water partition coefficient (Wildman–Crippen LogP) is 1.76. The lowest BCUT2D eigenvalue weighted by molar-refractivity contribution is 0.0697. The number of rotatable bonds is 4. The number of carbonyl (C=O) groups is 1. The van der Waals surface area contributed by atoms with Crippen molar-refractivity contribution in [2.75, 3.05) is 6.54 Å². The van der Waals surface area contributed by atoms with Crippen molar-refractivity contribution in [3.8, 4) is 0 Å². The van der Waals surface area contributed by atoms with Gasteiger partial charge in [0.15, 0.2) is 0 Å². The maximum absolute atomic E-state index is 10.8. The van der Waals surface area contributed by atoms with Crippen LogP contribution in [0, 0.1) is 0 Å². The molecule has 1 aromatic heterocycles. The molecular formula is C12H14N2O2. The van der Waals surface area contributed by atoms with Crippen molar-refractivity contribution in [3.63, 3.8) is 0 Å². The third kappa shape index (κ3) is 2.06. The van der Waals surface area contributed by atoms with Gasteiger partial charge in [0, 0.05) is 16.6 Å². The van der Waals surface area contributed by atoms with Crippen LogP contribution in [0.15, 0.2) is 24.3 Å². The smallest absolute Gasteiger partial charge is 0.335 e. The molecular weight excluding hydrogens is 204 g/mol. The Kier molecular flexibility index (Phi) is 2.92. The van der Waals surface area contributed by atoms with Crippen molar-refractivity contribution < 1.29 is 9.90 Å². The van der Waals surface area contributed by atoms with Gasteiger partial charge in [-0.1, -0.05) is 0 Å². The number of nitrogens with one attached hydrogen (secondary N) is 1. The molecule has 0 aliphatic carbocycles. The number of nitrogens with two attached hydrogens (primary N) is 1. The maximum Gasteiger partial charge on any atom is 0.335 e. The Morgan fingerprint density at radius 1 is 1.38 bits per heavy atom. The highest BCUT2D eigenvalue weighted by Gasteiger charge is 2.05. The highest BCUT2D eigenvalue weighted by atomic mass is 16.4. The normalized spacial score (nSPS) is 10.8. The molecule has 16 heavy (non-hydrogen) atoms. The molecule has 1 heterocycles. The number of carboxylic acid groups (broad SMARTS) is 1. The number of aryl methyl sites for hydroxylation is 1. The van der Waals surface area contributed by atoms with E-state index in [1.54, 1.807) is 18.2 Å². The molecule has 2 aromatic rings. The molecule has 1 aromatic carbocycles. The van der Waals surface area contributed by atoms with Gasteiger partial charge in [-0.3, -0.25) is 0 Å². The fraction of sp³-hybridized carbons (Fsp3) is 0.250. The lowest BCUT2D eigenvalue weighted by Crippen LogP contribution is -2.00. The average molecular weight is 218 g/mol. The van der Waals surface area contributed by atoms with Gasteiger partial charge in [0.1, 0.15) is 0 Å². The number of aromatic carboxylic acids is 1. The Morgan fingerprint density at radius 2 is 2.19 bits per heavy atom. The van der Waals surface area contributed by atoms with Crippen molar-refractivity contribution >= 4 is 16.9 Å². The number of aromatic nitrogens is 1. The van der Waals surface area contributed by atoms with Crippen molar-refractivity contribution in [3.05, 3.63) is 35.5 Å². The minimum Gasteiger partial charge on any atom is -0.478 e. The highest BCUT2D eigenvalue weighted by molar-refractivity contribution is 5.93.